The van der Waals surface area contributed by atoms with E-state index in [9.17, 15) is 10.1 Å². The normalized spacial score (nSPS) is 16.0. The van der Waals surface area contributed by atoms with Gasteiger partial charge in [-0.3, -0.25) is 10.1 Å². The molecule has 92 valence electrons. The first-order valence-electron chi connectivity index (χ1n) is 5.48. The van der Waals surface area contributed by atoms with E-state index in [1.54, 1.807) is 0 Å². The van der Waals surface area contributed by atoms with E-state index in [1.165, 1.54) is 12.1 Å². The molecule has 1 aliphatic heterocycles. The topological polar surface area (TPSA) is 46.4 Å². The second kappa shape index (κ2) is 5.10. The van der Waals surface area contributed by atoms with Crippen molar-refractivity contribution in [1.29, 1.82) is 0 Å². The molecule has 0 N–H and O–H groups in total. The van der Waals surface area contributed by atoms with Gasteiger partial charge in [-0.25, -0.2) is 0 Å². The maximum Gasteiger partial charge on any atom is 0.294 e. The van der Waals surface area contributed by atoms with Crippen molar-refractivity contribution in [2.24, 2.45) is 0 Å². The van der Waals surface area contributed by atoms with E-state index >= 15 is 0 Å². The Kier molecular flexibility index (Phi) is 3.74. The number of anilines is 1. The summed E-state index contributed by atoms with van der Waals surface area (Å²) in [6, 6.07) is 2.88. The molecule has 1 aromatic carbocycles. The number of rotatable bonds is 2. The molecule has 1 aliphatic rings. The molecule has 1 heterocycles. The zero-order valence-corrected chi connectivity index (χ0v) is 10.7. The standard InChI is InChI=1S/C11H12Cl2N2O2/c12-8-4-5-9(15(16)17)11(10(8)13)14-6-2-1-3-7-14/h4-5H,1-3,6-7H2. The van der Waals surface area contributed by atoms with Crippen molar-refractivity contribution in [2.45, 2.75) is 19.3 Å². The summed E-state index contributed by atoms with van der Waals surface area (Å²) in [5, 5.41) is 11.6. The van der Waals surface area contributed by atoms with Crippen LogP contribution in [0.15, 0.2) is 12.1 Å². The lowest BCUT2D eigenvalue weighted by Crippen LogP contribution is -2.30. The zero-order chi connectivity index (χ0) is 12.4. The first-order chi connectivity index (χ1) is 8.11. The highest BCUT2D eigenvalue weighted by Gasteiger charge is 2.25. The average molecular weight is 275 g/mol. The second-order valence-electron chi connectivity index (χ2n) is 4.03. The van der Waals surface area contributed by atoms with Crippen LogP contribution in [0, 0.1) is 10.1 Å². The van der Waals surface area contributed by atoms with Crippen LogP contribution in [0.5, 0.6) is 0 Å². The molecule has 0 atom stereocenters. The molecule has 1 aromatic rings. The van der Waals surface area contributed by atoms with E-state index in [4.69, 9.17) is 23.2 Å². The fourth-order valence-corrected chi connectivity index (χ4v) is 2.53. The smallest absolute Gasteiger partial charge is 0.294 e. The maximum atomic E-state index is 11.0. The molecule has 2 rings (SSSR count). The van der Waals surface area contributed by atoms with E-state index in [-0.39, 0.29) is 10.7 Å². The highest BCUT2D eigenvalue weighted by atomic mass is 35.5. The van der Waals surface area contributed by atoms with Crippen LogP contribution >= 0.6 is 23.2 Å². The third-order valence-electron chi connectivity index (χ3n) is 2.92. The quantitative estimate of drug-likeness (QED) is 0.607. The van der Waals surface area contributed by atoms with Gasteiger partial charge in [0.1, 0.15) is 5.69 Å². The average Bonchev–Trinajstić information content (AvgIpc) is 2.33. The molecule has 1 saturated heterocycles. The van der Waals surface area contributed by atoms with Gasteiger partial charge in [0, 0.05) is 19.2 Å². The van der Waals surface area contributed by atoms with Crippen LogP contribution in [0.2, 0.25) is 10.0 Å². The number of nitro groups is 1. The van der Waals surface area contributed by atoms with Gasteiger partial charge in [0.05, 0.1) is 15.0 Å². The number of hydrogen-bond donors (Lipinski definition) is 0. The van der Waals surface area contributed by atoms with Crippen LogP contribution in [0.25, 0.3) is 0 Å². The second-order valence-corrected chi connectivity index (χ2v) is 4.82. The first-order valence-corrected chi connectivity index (χ1v) is 6.24. The van der Waals surface area contributed by atoms with Gasteiger partial charge in [0.2, 0.25) is 0 Å². The van der Waals surface area contributed by atoms with Gasteiger partial charge in [0.15, 0.2) is 0 Å². The molecule has 0 radical (unpaired) electrons. The zero-order valence-electron chi connectivity index (χ0n) is 9.16. The van der Waals surface area contributed by atoms with Crippen LogP contribution < -0.4 is 4.90 Å². The Labute approximate surface area is 109 Å². The van der Waals surface area contributed by atoms with Crippen molar-refractivity contribution in [3.8, 4) is 0 Å². The summed E-state index contributed by atoms with van der Waals surface area (Å²) in [4.78, 5) is 12.5. The number of benzene rings is 1. The van der Waals surface area contributed by atoms with E-state index in [0.717, 1.165) is 32.4 Å². The van der Waals surface area contributed by atoms with Gasteiger partial charge in [-0.1, -0.05) is 23.2 Å². The van der Waals surface area contributed by atoms with Gasteiger partial charge in [0.25, 0.3) is 5.69 Å². The molecule has 0 spiro atoms. The highest BCUT2D eigenvalue weighted by Crippen LogP contribution is 2.41. The molecule has 17 heavy (non-hydrogen) atoms. The lowest BCUT2D eigenvalue weighted by molar-refractivity contribution is -0.384. The van der Waals surface area contributed by atoms with E-state index in [1.807, 2.05) is 4.90 Å². The Hall–Kier alpha value is -1.00. The highest BCUT2D eigenvalue weighted by molar-refractivity contribution is 6.44. The molecule has 1 fully saturated rings. The summed E-state index contributed by atoms with van der Waals surface area (Å²) >= 11 is 12.0. The fourth-order valence-electron chi connectivity index (χ4n) is 2.10. The minimum atomic E-state index is -0.411. The molecule has 0 bridgehead atoms. The maximum absolute atomic E-state index is 11.0. The summed E-state index contributed by atoms with van der Waals surface area (Å²) in [5.74, 6) is 0. The molecule has 4 nitrogen and oxygen atoms in total. The molecule has 0 amide bonds. The summed E-state index contributed by atoms with van der Waals surface area (Å²) in [6.07, 6.45) is 3.21. The molecule has 0 aromatic heterocycles. The number of piperidine rings is 1. The minimum absolute atomic E-state index is 0.0290. The van der Waals surface area contributed by atoms with Gasteiger partial charge in [-0.15, -0.1) is 0 Å². The summed E-state index contributed by atoms with van der Waals surface area (Å²) in [5.41, 5.74) is 0.491. The SMILES string of the molecule is O=[N+]([O-])c1ccc(Cl)c(Cl)c1N1CCCCC1. The Morgan fingerprint density at radius 3 is 2.41 bits per heavy atom. The van der Waals surface area contributed by atoms with Crippen LogP contribution in [0.3, 0.4) is 0 Å². The summed E-state index contributed by atoms with van der Waals surface area (Å²) in [7, 11) is 0. The predicted molar refractivity (Wildman–Crippen MR) is 69.2 cm³/mol. The lowest BCUT2D eigenvalue weighted by atomic mass is 10.1. The van der Waals surface area contributed by atoms with Crippen molar-refractivity contribution in [2.75, 3.05) is 18.0 Å². The van der Waals surface area contributed by atoms with E-state index < -0.39 is 4.92 Å². The number of nitrogens with zero attached hydrogens (tertiary/aromatic N) is 2. The van der Waals surface area contributed by atoms with Crippen molar-refractivity contribution < 1.29 is 4.92 Å². The van der Waals surface area contributed by atoms with Crippen molar-refractivity contribution in [3.63, 3.8) is 0 Å². The monoisotopic (exact) mass is 274 g/mol. The number of halogens is 2. The third kappa shape index (κ3) is 2.48. The lowest BCUT2D eigenvalue weighted by Gasteiger charge is -2.29. The van der Waals surface area contributed by atoms with Crippen LogP contribution in [-0.2, 0) is 0 Å². The molecular weight excluding hydrogens is 263 g/mol. The number of nitro benzene ring substituents is 1. The van der Waals surface area contributed by atoms with E-state index in [2.05, 4.69) is 0 Å². The van der Waals surface area contributed by atoms with Crippen LogP contribution in [0.4, 0.5) is 11.4 Å². The first kappa shape index (κ1) is 12.5. The van der Waals surface area contributed by atoms with Crippen molar-refractivity contribution in [3.05, 3.63) is 32.3 Å². The minimum Gasteiger partial charge on any atom is -0.365 e. The molecule has 0 unspecified atom stereocenters. The Morgan fingerprint density at radius 1 is 1.18 bits per heavy atom. The largest absolute Gasteiger partial charge is 0.365 e. The molecule has 6 heteroatoms. The fraction of sp³-hybridized carbons (Fsp3) is 0.455. The third-order valence-corrected chi connectivity index (χ3v) is 3.71. The van der Waals surface area contributed by atoms with Gasteiger partial charge in [-0.2, -0.15) is 0 Å². The summed E-state index contributed by atoms with van der Waals surface area (Å²) in [6.45, 7) is 1.59. The van der Waals surface area contributed by atoms with Gasteiger partial charge >= 0.3 is 0 Å². The molecule has 0 aliphatic carbocycles. The van der Waals surface area contributed by atoms with Crippen LogP contribution in [0.1, 0.15) is 19.3 Å². The Morgan fingerprint density at radius 2 is 1.82 bits per heavy atom. The van der Waals surface area contributed by atoms with Crippen molar-refractivity contribution in [1.82, 2.24) is 0 Å². The summed E-state index contributed by atoms with van der Waals surface area (Å²) < 4.78 is 0. The van der Waals surface area contributed by atoms with Gasteiger partial charge in [-0.05, 0) is 25.3 Å². The predicted octanol–water partition coefficient (Wildman–Crippen LogP) is 3.89. The van der Waals surface area contributed by atoms with E-state index in [0.29, 0.717) is 10.7 Å². The molecular formula is C11H12Cl2N2O2. The number of hydrogen-bond acceptors (Lipinski definition) is 3. The van der Waals surface area contributed by atoms with Crippen LogP contribution in [-0.4, -0.2) is 18.0 Å². The molecule has 0 saturated carbocycles. The Balaban J connectivity index is 2.48. The van der Waals surface area contributed by atoms with Gasteiger partial charge < -0.3 is 4.90 Å². The van der Waals surface area contributed by atoms with Crippen molar-refractivity contribution >= 4 is 34.6 Å². The Bertz CT molecular complexity index is 445.